The van der Waals surface area contributed by atoms with Crippen molar-refractivity contribution in [3.05, 3.63) is 42.5 Å². The normalized spacial score (nSPS) is 16.5. The number of unbranched alkanes of at least 4 members (excludes halogenated alkanes) is 2. The van der Waals surface area contributed by atoms with Gasteiger partial charge in [0, 0.05) is 19.3 Å². The molecule has 0 spiro atoms. The van der Waals surface area contributed by atoms with Gasteiger partial charge in [-0.15, -0.1) is 0 Å². The number of ether oxygens (including phenoxy) is 3. The maximum atomic E-state index is 12.1. The summed E-state index contributed by atoms with van der Waals surface area (Å²) in [6.07, 6.45) is 9.35. The topological polar surface area (TPSA) is 44.8 Å². The average Bonchev–Trinajstić information content (AvgIpc) is 3.08. The van der Waals surface area contributed by atoms with Gasteiger partial charge < -0.3 is 14.2 Å². The van der Waals surface area contributed by atoms with Gasteiger partial charge in [-0.3, -0.25) is 4.79 Å². The van der Waals surface area contributed by atoms with Gasteiger partial charge in [-0.1, -0.05) is 30.4 Å². The monoisotopic (exact) mass is 332 g/mol. The summed E-state index contributed by atoms with van der Waals surface area (Å²) in [6, 6.07) is 9.40. The van der Waals surface area contributed by atoms with Crippen LogP contribution in [0.3, 0.4) is 0 Å². The molecule has 1 aliphatic heterocycles. The van der Waals surface area contributed by atoms with Crippen molar-refractivity contribution in [3.8, 4) is 5.75 Å². The average molecular weight is 332 g/mol. The van der Waals surface area contributed by atoms with Gasteiger partial charge in [0.25, 0.3) is 0 Å². The standard InChI is InChI=1S/C20H28O4/c1-2-3-4-5-9-13-20(23-15-16-24-20)14-12-18(21)17-22-19-10-7-6-8-11-19/h2-3,6-8,10-11H,4-5,9,12-17H2,1H3/b3-2+. The molecule has 1 saturated heterocycles. The lowest BCUT2D eigenvalue weighted by Gasteiger charge is -2.27. The number of carbonyl (C=O) groups excluding carboxylic acids is 1. The van der Waals surface area contributed by atoms with Gasteiger partial charge in [-0.05, 0) is 38.3 Å². The molecule has 0 aromatic heterocycles. The van der Waals surface area contributed by atoms with Crippen LogP contribution in [0.1, 0.15) is 45.4 Å². The van der Waals surface area contributed by atoms with Crippen molar-refractivity contribution in [1.29, 1.82) is 0 Å². The maximum Gasteiger partial charge on any atom is 0.170 e. The Bertz CT molecular complexity index is 504. The Morgan fingerprint density at radius 1 is 1.17 bits per heavy atom. The lowest BCUT2D eigenvalue weighted by atomic mass is 10.0. The molecule has 0 bridgehead atoms. The Morgan fingerprint density at radius 3 is 2.62 bits per heavy atom. The van der Waals surface area contributed by atoms with Crippen LogP contribution in [-0.2, 0) is 14.3 Å². The highest BCUT2D eigenvalue weighted by atomic mass is 16.7. The fourth-order valence-corrected chi connectivity index (χ4v) is 2.82. The van der Waals surface area contributed by atoms with Crippen molar-refractivity contribution < 1.29 is 19.0 Å². The van der Waals surface area contributed by atoms with Gasteiger partial charge in [0.2, 0.25) is 0 Å². The molecule has 1 aromatic carbocycles. The van der Waals surface area contributed by atoms with Crippen LogP contribution in [0, 0.1) is 0 Å². The number of hydrogen-bond acceptors (Lipinski definition) is 4. The van der Waals surface area contributed by atoms with Crippen molar-refractivity contribution in [2.24, 2.45) is 0 Å². The number of carbonyl (C=O) groups is 1. The van der Waals surface area contributed by atoms with E-state index in [1.54, 1.807) is 0 Å². The Balaban J connectivity index is 1.71. The summed E-state index contributed by atoms with van der Waals surface area (Å²) in [5, 5.41) is 0. The minimum absolute atomic E-state index is 0.0752. The van der Waals surface area contributed by atoms with Crippen molar-refractivity contribution in [1.82, 2.24) is 0 Å². The van der Waals surface area contributed by atoms with Crippen LogP contribution in [0.4, 0.5) is 0 Å². The van der Waals surface area contributed by atoms with E-state index >= 15 is 0 Å². The molecule has 4 nitrogen and oxygen atoms in total. The Labute approximate surface area is 144 Å². The Kier molecular flexibility index (Phi) is 7.99. The van der Waals surface area contributed by atoms with Gasteiger partial charge in [-0.2, -0.15) is 0 Å². The molecule has 0 aliphatic carbocycles. The largest absolute Gasteiger partial charge is 0.486 e. The third-order valence-corrected chi connectivity index (χ3v) is 4.16. The lowest BCUT2D eigenvalue weighted by molar-refractivity contribution is -0.170. The quantitative estimate of drug-likeness (QED) is 0.448. The van der Waals surface area contributed by atoms with Crippen molar-refractivity contribution in [2.75, 3.05) is 19.8 Å². The van der Waals surface area contributed by atoms with E-state index < -0.39 is 5.79 Å². The zero-order valence-electron chi connectivity index (χ0n) is 14.5. The number of para-hydroxylation sites is 1. The predicted octanol–water partition coefficient (Wildman–Crippen LogP) is 4.29. The summed E-state index contributed by atoms with van der Waals surface area (Å²) in [7, 11) is 0. The minimum atomic E-state index is -0.571. The number of Topliss-reactive ketones (excluding diaryl/α,β-unsaturated/α-hetero) is 1. The van der Waals surface area contributed by atoms with Crippen LogP contribution >= 0.6 is 0 Å². The molecule has 0 amide bonds. The highest BCUT2D eigenvalue weighted by molar-refractivity contribution is 5.80. The number of rotatable bonds is 11. The van der Waals surface area contributed by atoms with E-state index in [0.29, 0.717) is 26.1 Å². The SMILES string of the molecule is C/C=C/CCCCC1(CCC(=O)COc2ccccc2)OCCO1. The third-order valence-electron chi connectivity index (χ3n) is 4.16. The van der Waals surface area contributed by atoms with Crippen molar-refractivity contribution in [3.63, 3.8) is 0 Å². The smallest absolute Gasteiger partial charge is 0.170 e. The van der Waals surface area contributed by atoms with E-state index in [1.165, 1.54) is 0 Å². The van der Waals surface area contributed by atoms with E-state index in [9.17, 15) is 4.79 Å². The summed E-state index contributed by atoms with van der Waals surface area (Å²) in [5.74, 6) is 0.224. The van der Waals surface area contributed by atoms with Crippen LogP contribution in [0.5, 0.6) is 5.75 Å². The first-order chi connectivity index (χ1) is 11.7. The summed E-state index contributed by atoms with van der Waals surface area (Å²) in [6.45, 7) is 3.36. The molecule has 1 aliphatic rings. The molecule has 0 N–H and O–H groups in total. The number of hydrogen-bond donors (Lipinski definition) is 0. The molecular formula is C20H28O4. The summed E-state index contributed by atoms with van der Waals surface area (Å²) in [4.78, 5) is 12.1. The number of allylic oxidation sites excluding steroid dienone is 2. The molecule has 0 radical (unpaired) electrons. The van der Waals surface area contributed by atoms with Gasteiger partial charge in [0.1, 0.15) is 12.4 Å². The van der Waals surface area contributed by atoms with Crippen molar-refractivity contribution in [2.45, 2.75) is 51.2 Å². The van der Waals surface area contributed by atoms with Crippen molar-refractivity contribution >= 4 is 5.78 Å². The molecule has 0 saturated carbocycles. The predicted molar refractivity (Wildman–Crippen MR) is 94.1 cm³/mol. The highest BCUT2D eigenvalue weighted by Crippen LogP contribution is 2.31. The minimum Gasteiger partial charge on any atom is -0.486 e. The van der Waals surface area contributed by atoms with E-state index in [0.717, 1.165) is 31.4 Å². The second-order valence-corrected chi connectivity index (χ2v) is 6.06. The summed E-state index contributed by atoms with van der Waals surface area (Å²) < 4.78 is 17.2. The van der Waals surface area contributed by atoms with Gasteiger partial charge in [0.05, 0.1) is 13.2 Å². The zero-order chi connectivity index (χ0) is 17.1. The first kappa shape index (κ1) is 18.7. The summed E-state index contributed by atoms with van der Waals surface area (Å²) in [5.41, 5.74) is 0. The Hall–Kier alpha value is -1.65. The second kappa shape index (κ2) is 10.3. The molecule has 4 heteroatoms. The summed E-state index contributed by atoms with van der Waals surface area (Å²) >= 11 is 0. The van der Waals surface area contributed by atoms with Crippen LogP contribution in [0.2, 0.25) is 0 Å². The second-order valence-electron chi connectivity index (χ2n) is 6.06. The first-order valence-electron chi connectivity index (χ1n) is 8.83. The van der Waals surface area contributed by atoms with Gasteiger partial charge in [0.15, 0.2) is 11.6 Å². The molecule has 0 unspecified atom stereocenters. The molecule has 2 rings (SSSR count). The van der Waals surface area contributed by atoms with Crippen LogP contribution in [0.15, 0.2) is 42.5 Å². The van der Waals surface area contributed by atoms with E-state index in [-0.39, 0.29) is 12.4 Å². The maximum absolute atomic E-state index is 12.1. The highest BCUT2D eigenvalue weighted by Gasteiger charge is 2.36. The first-order valence-corrected chi connectivity index (χ1v) is 8.83. The molecule has 1 heterocycles. The number of ketones is 1. The fraction of sp³-hybridized carbons (Fsp3) is 0.550. The molecule has 1 aromatic rings. The Morgan fingerprint density at radius 2 is 1.92 bits per heavy atom. The molecule has 1 fully saturated rings. The zero-order valence-corrected chi connectivity index (χ0v) is 14.5. The van der Waals surface area contributed by atoms with Crippen LogP contribution < -0.4 is 4.74 Å². The lowest BCUT2D eigenvalue weighted by Crippen LogP contribution is -2.31. The van der Waals surface area contributed by atoms with E-state index in [1.807, 2.05) is 37.3 Å². The molecular weight excluding hydrogens is 304 g/mol. The molecule has 24 heavy (non-hydrogen) atoms. The third kappa shape index (κ3) is 6.46. The van der Waals surface area contributed by atoms with E-state index in [4.69, 9.17) is 14.2 Å². The van der Waals surface area contributed by atoms with Crippen LogP contribution in [0.25, 0.3) is 0 Å². The molecule has 132 valence electrons. The van der Waals surface area contributed by atoms with E-state index in [2.05, 4.69) is 12.2 Å². The van der Waals surface area contributed by atoms with Crippen LogP contribution in [-0.4, -0.2) is 31.4 Å². The number of benzene rings is 1. The fourth-order valence-electron chi connectivity index (χ4n) is 2.82. The van der Waals surface area contributed by atoms with Gasteiger partial charge in [-0.25, -0.2) is 0 Å². The molecule has 0 atom stereocenters. The van der Waals surface area contributed by atoms with Gasteiger partial charge >= 0.3 is 0 Å².